The number of hydrogen-bond donors (Lipinski definition) is 1. The van der Waals surface area contributed by atoms with Crippen LogP contribution in [0.1, 0.15) is 11.1 Å². The van der Waals surface area contributed by atoms with Crippen LogP contribution >= 0.6 is 0 Å². The maximum Gasteiger partial charge on any atom is 0.410 e. The van der Waals surface area contributed by atoms with Gasteiger partial charge in [-0.3, -0.25) is 0 Å². The van der Waals surface area contributed by atoms with Crippen LogP contribution in [0.15, 0.2) is 48.5 Å². The molecule has 0 spiro atoms. The van der Waals surface area contributed by atoms with E-state index in [1.165, 1.54) is 18.1 Å². The van der Waals surface area contributed by atoms with E-state index >= 15 is 0 Å². The summed E-state index contributed by atoms with van der Waals surface area (Å²) in [6.07, 6.45) is -0.407. The molecule has 0 aliphatic heterocycles. The van der Waals surface area contributed by atoms with E-state index in [4.69, 9.17) is 9.47 Å². The third-order valence-electron chi connectivity index (χ3n) is 3.18. The second-order valence-corrected chi connectivity index (χ2v) is 4.90. The van der Waals surface area contributed by atoms with Crippen molar-refractivity contribution in [3.8, 4) is 11.5 Å². The van der Waals surface area contributed by atoms with Gasteiger partial charge in [-0.25, -0.2) is 4.79 Å². The molecule has 0 saturated carbocycles. The van der Waals surface area contributed by atoms with Crippen molar-refractivity contribution >= 4 is 6.09 Å². The van der Waals surface area contributed by atoms with Crippen molar-refractivity contribution in [3.63, 3.8) is 0 Å². The fraction of sp³-hybridized carbons (Fsp3) is 0.235. The highest BCUT2D eigenvalue weighted by atomic mass is 16.6. The van der Waals surface area contributed by atoms with Gasteiger partial charge in [0.15, 0.2) is 11.5 Å². The highest BCUT2D eigenvalue weighted by Gasteiger charge is 2.12. The van der Waals surface area contributed by atoms with Crippen molar-refractivity contribution in [3.05, 3.63) is 59.7 Å². The van der Waals surface area contributed by atoms with Crippen LogP contribution in [0, 0.1) is 0 Å². The summed E-state index contributed by atoms with van der Waals surface area (Å²) in [7, 11) is 3.14. The number of hydrogen-bond acceptors (Lipinski definition) is 4. The molecule has 5 heteroatoms. The summed E-state index contributed by atoms with van der Waals surface area (Å²) in [5.74, 6) is 0.448. The standard InChI is InChI=1S/C17H19NO4/c1-18(11-14-8-9-15(19)16(10-14)21-2)17(20)22-12-13-6-4-3-5-7-13/h3-10,19H,11-12H2,1-2H3. The number of nitrogens with zero attached hydrogens (tertiary/aromatic N) is 1. The van der Waals surface area contributed by atoms with Crippen molar-refractivity contribution in [2.45, 2.75) is 13.2 Å². The molecular formula is C17H19NO4. The van der Waals surface area contributed by atoms with E-state index in [0.29, 0.717) is 12.3 Å². The van der Waals surface area contributed by atoms with Crippen LogP contribution in [0.2, 0.25) is 0 Å². The molecule has 0 radical (unpaired) electrons. The summed E-state index contributed by atoms with van der Waals surface area (Å²) in [6, 6.07) is 14.5. The summed E-state index contributed by atoms with van der Waals surface area (Å²) in [6.45, 7) is 0.604. The van der Waals surface area contributed by atoms with Crippen LogP contribution < -0.4 is 4.74 Å². The van der Waals surface area contributed by atoms with Gasteiger partial charge < -0.3 is 19.5 Å². The zero-order valence-corrected chi connectivity index (χ0v) is 12.7. The molecule has 2 aromatic carbocycles. The van der Waals surface area contributed by atoms with E-state index in [1.54, 1.807) is 19.2 Å². The molecule has 1 amide bonds. The third kappa shape index (κ3) is 4.15. The molecule has 5 nitrogen and oxygen atoms in total. The SMILES string of the molecule is COc1cc(CN(C)C(=O)OCc2ccccc2)ccc1O. The first-order valence-electron chi connectivity index (χ1n) is 6.88. The van der Waals surface area contributed by atoms with Crippen LogP contribution in [-0.2, 0) is 17.9 Å². The van der Waals surface area contributed by atoms with Crippen molar-refractivity contribution in [1.82, 2.24) is 4.90 Å². The molecule has 0 aromatic heterocycles. The lowest BCUT2D eigenvalue weighted by Gasteiger charge is -2.17. The molecule has 22 heavy (non-hydrogen) atoms. The number of carbonyl (C=O) groups is 1. The van der Waals surface area contributed by atoms with Gasteiger partial charge in [-0.05, 0) is 23.3 Å². The normalized spacial score (nSPS) is 10.1. The Hall–Kier alpha value is -2.69. The lowest BCUT2D eigenvalue weighted by Crippen LogP contribution is -2.26. The van der Waals surface area contributed by atoms with Crippen LogP contribution in [0.4, 0.5) is 4.79 Å². The lowest BCUT2D eigenvalue weighted by molar-refractivity contribution is 0.103. The summed E-state index contributed by atoms with van der Waals surface area (Å²) in [5.41, 5.74) is 1.78. The zero-order chi connectivity index (χ0) is 15.9. The van der Waals surface area contributed by atoms with Crippen molar-refractivity contribution < 1.29 is 19.4 Å². The third-order valence-corrected chi connectivity index (χ3v) is 3.18. The Balaban J connectivity index is 1.91. The van der Waals surface area contributed by atoms with Crippen LogP contribution in [0.25, 0.3) is 0 Å². The van der Waals surface area contributed by atoms with E-state index in [0.717, 1.165) is 11.1 Å². The minimum Gasteiger partial charge on any atom is -0.504 e. The van der Waals surface area contributed by atoms with Crippen LogP contribution in [0.5, 0.6) is 11.5 Å². The van der Waals surface area contributed by atoms with E-state index in [2.05, 4.69) is 0 Å². The van der Waals surface area contributed by atoms with Crippen LogP contribution in [-0.4, -0.2) is 30.3 Å². The summed E-state index contributed by atoms with van der Waals surface area (Å²) in [4.78, 5) is 13.4. The minimum atomic E-state index is -0.407. The Morgan fingerprint density at radius 1 is 1.14 bits per heavy atom. The number of phenols is 1. The Labute approximate surface area is 129 Å². The number of benzene rings is 2. The van der Waals surface area contributed by atoms with Gasteiger partial charge in [0.05, 0.1) is 7.11 Å². The fourth-order valence-electron chi connectivity index (χ4n) is 1.99. The number of rotatable bonds is 5. The molecule has 0 heterocycles. The molecule has 0 saturated heterocycles. The van der Waals surface area contributed by atoms with Crippen LogP contribution in [0.3, 0.4) is 0 Å². The first-order chi connectivity index (χ1) is 10.6. The Morgan fingerprint density at radius 2 is 1.86 bits per heavy atom. The first kappa shape index (κ1) is 15.7. The van der Waals surface area contributed by atoms with Crippen molar-refractivity contribution in [1.29, 1.82) is 0 Å². The number of ether oxygens (including phenoxy) is 2. The predicted molar refractivity (Wildman–Crippen MR) is 82.8 cm³/mol. The molecular weight excluding hydrogens is 282 g/mol. The smallest absolute Gasteiger partial charge is 0.410 e. The topological polar surface area (TPSA) is 59.0 Å². The number of carbonyl (C=O) groups excluding carboxylic acids is 1. The molecule has 0 aliphatic carbocycles. The van der Waals surface area contributed by atoms with Gasteiger partial charge in [-0.1, -0.05) is 36.4 Å². The van der Waals surface area contributed by atoms with Crippen molar-refractivity contribution in [2.24, 2.45) is 0 Å². The van der Waals surface area contributed by atoms with E-state index in [1.807, 2.05) is 30.3 Å². The zero-order valence-electron chi connectivity index (χ0n) is 12.7. The van der Waals surface area contributed by atoms with Gasteiger partial charge in [-0.2, -0.15) is 0 Å². The van der Waals surface area contributed by atoms with Gasteiger partial charge in [0.2, 0.25) is 0 Å². The highest BCUT2D eigenvalue weighted by molar-refractivity contribution is 5.67. The Kier molecular flexibility index (Phi) is 5.25. The molecule has 0 atom stereocenters. The number of methoxy groups -OCH3 is 1. The fourth-order valence-corrected chi connectivity index (χ4v) is 1.99. The van der Waals surface area contributed by atoms with Crippen molar-refractivity contribution in [2.75, 3.05) is 14.2 Å². The molecule has 0 bridgehead atoms. The molecule has 0 fully saturated rings. The Bertz CT molecular complexity index is 628. The second kappa shape index (κ2) is 7.36. The predicted octanol–water partition coefficient (Wildman–Crippen LogP) is 3.17. The largest absolute Gasteiger partial charge is 0.504 e. The Morgan fingerprint density at radius 3 is 2.55 bits per heavy atom. The maximum absolute atomic E-state index is 12.0. The lowest BCUT2D eigenvalue weighted by atomic mass is 10.2. The monoisotopic (exact) mass is 301 g/mol. The highest BCUT2D eigenvalue weighted by Crippen LogP contribution is 2.26. The van der Waals surface area contributed by atoms with E-state index in [9.17, 15) is 9.90 Å². The average molecular weight is 301 g/mol. The average Bonchev–Trinajstić information content (AvgIpc) is 2.55. The minimum absolute atomic E-state index is 0.0700. The van der Waals surface area contributed by atoms with E-state index in [-0.39, 0.29) is 12.4 Å². The molecule has 116 valence electrons. The van der Waals surface area contributed by atoms with E-state index < -0.39 is 6.09 Å². The molecule has 2 rings (SSSR count). The quantitative estimate of drug-likeness (QED) is 0.921. The van der Waals surface area contributed by atoms with Gasteiger partial charge in [0.25, 0.3) is 0 Å². The molecule has 1 N–H and O–H groups in total. The number of phenolic OH excluding ortho intramolecular Hbond substituents is 1. The number of aromatic hydroxyl groups is 1. The molecule has 0 unspecified atom stereocenters. The van der Waals surface area contributed by atoms with Gasteiger partial charge in [-0.15, -0.1) is 0 Å². The van der Waals surface area contributed by atoms with Gasteiger partial charge in [0.1, 0.15) is 6.61 Å². The van der Waals surface area contributed by atoms with Gasteiger partial charge >= 0.3 is 6.09 Å². The summed E-state index contributed by atoms with van der Waals surface area (Å²) in [5, 5.41) is 9.56. The maximum atomic E-state index is 12.0. The number of amides is 1. The molecule has 0 aliphatic rings. The summed E-state index contributed by atoms with van der Waals surface area (Å²) < 4.78 is 10.3. The molecule has 2 aromatic rings. The van der Waals surface area contributed by atoms with Gasteiger partial charge in [0, 0.05) is 13.6 Å². The first-order valence-corrected chi connectivity index (χ1v) is 6.88. The summed E-state index contributed by atoms with van der Waals surface area (Å²) >= 11 is 0. The second-order valence-electron chi connectivity index (χ2n) is 4.90.